The summed E-state index contributed by atoms with van der Waals surface area (Å²) in [6, 6.07) is 7.77. The van der Waals surface area contributed by atoms with Crippen LogP contribution in [-0.2, 0) is 6.54 Å². The average molecular weight is 310 g/mol. The molecule has 0 aliphatic heterocycles. The summed E-state index contributed by atoms with van der Waals surface area (Å²) in [4.78, 5) is 16.1. The molecule has 1 amide bonds. The summed E-state index contributed by atoms with van der Waals surface area (Å²) in [5, 5.41) is 10.1. The van der Waals surface area contributed by atoms with Gasteiger partial charge in [-0.05, 0) is 25.6 Å². The van der Waals surface area contributed by atoms with Crippen molar-refractivity contribution in [2.45, 2.75) is 19.5 Å². The standard InChI is InChI=1S/C14H19N5O.ClH/c1-11(15-2)7-17-14(20)13-6-4-3-5-12(13)8-19-10-16-9-18-19;/h3-6,9-11,15H,7-8H2,1-2H3,(H,17,20);1H. The highest BCUT2D eigenvalue weighted by Gasteiger charge is 2.11. The number of likely N-dealkylation sites (N-methyl/N-ethyl adjacent to an activating group) is 1. The minimum Gasteiger partial charge on any atom is -0.350 e. The van der Waals surface area contributed by atoms with E-state index in [0.717, 1.165) is 5.56 Å². The van der Waals surface area contributed by atoms with E-state index < -0.39 is 0 Å². The number of nitrogens with one attached hydrogen (secondary N) is 2. The Balaban J connectivity index is 0.00000220. The molecule has 0 aliphatic carbocycles. The Labute approximate surface area is 130 Å². The lowest BCUT2D eigenvalue weighted by atomic mass is 10.1. The van der Waals surface area contributed by atoms with Gasteiger partial charge in [0.05, 0.1) is 6.54 Å². The lowest BCUT2D eigenvalue weighted by Gasteiger charge is -2.13. The monoisotopic (exact) mass is 309 g/mol. The van der Waals surface area contributed by atoms with Crippen LogP contribution in [0.4, 0.5) is 0 Å². The van der Waals surface area contributed by atoms with E-state index in [9.17, 15) is 4.79 Å². The van der Waals surface area contributed by atoms with Gasteiger partial charge in [-0.3, -0.25) is 4.79 Å². The van der Waals surface area contributed by atoms with Crippen LogP contribution < -0.4 is 10.6 Å². The van der Waals surface area contributed by atoms with E-state index in [2.05, 4.69) is 20.7 Å². The Kier molecular flexibility index (Phi) is 6.84. The number of aromatic nitrogens is 3. The fraction of sp³-hybridized carbons (Fsp3) is 0.357. The molecule has 2 rings (SSSR count). The predicted octanol–water partition coefficient (Wildman–Crippen LogP) is 1.09. The van der Waals surface area contributed by atoms with Crippen molar-refractivity contribution in [1.82, 2.24) is 25.4 Å². The Morgan fingerprint density at radius 3 is 2.81 bits per heavy atom. The van der Waals surface area contributed by atoms with Crippen LogP contribution in [0.15, 0.2) is 36.9 Å². The molecule has 2 N–H and O–H groups in total. The van der Waals surface area contributed by atoms with Crippen molar-refractivity contribution in [3.63, 3.8) is 0 Å². The van der Waals surface area contributed by atoms with Gasteiger partial charge in [0.15, 0.2) is 0 Å². The average Bonchev–Trinajstić information content (AvgIpc) is 2.98. The van der Waals surface area contributed by atoms with Crippen molar-refractivity contribution in [1.29, 1.82) is 0 Å². The van der Waals surface area contributed by atoms with Crippen molar-refractivity contribution in [2.75, 3.05) is 13.6 Å². The predicted molar refractivity (Wildman–Crippen MR) is 83.7 cm³/mol. The molecular formula is C14H20ClN5O. The number of rotatable bonds is 6. The Morgan fingerprint density at radius 1 is 1.38 bits per heavy atom. The Morgan fingerprint density at radius 2 is 2.14 bits per heavy atom. The fourth-order valence-electron chi connectivity index (χ4n) is 1.81. The zero-order valence-electron chi connectivity index (χ0n) is 12.1. The largest absolute Gasteiger partial charge is 0.350 e. The first kappa shape index (κ1) is 17.1. The third kappa shape index (κ3) is 4.84. The van der Waals surface area contributed by atoms with Gasteiger partial charge in [0.25, 0.3) is 5.91 Å². The van der Waals surface area contributed by atoms with Crippen LogP contribution in [0.3, 0.4) is 0 Å². The van der Waals surface area contributed by atoms with Gasteiger partial charge in [0, 0.05) is 18.2 Å². The van der Waals surface area contributed by atoms with Crippen molar-refractivity contribution < 1.29 is 4.79 Å². The SMILES string of the molecule is CNC(C)CNC(=O)c1ccccc1Cn1cncn1.Cl. The van der Waals surface area contributed by atoms with Crippen LogP contribution in [-0.4, -0.2) is 40.3 Å². The van der Waals surface area contributed by atoms with Gasteiger partial charge >= 0.3 is 0 Å². The van der Waals surface area contributed by atoms with Gasteiger partial charge < -0.3 is 10.6 Å². The zero-order valence-corrected chi connectivity index (χ0v) is 12.9. The Bertz CT molecular complexity index is 558. The van der Waals surface area contributed by atoms with Crippen molar-refractivity contribution in [2.24, 2.45) is 0 Å². The lowest BCUT2D eigenvalue weighted by Crippen LogP contribution is -2.37. The van der Waals surface area contributed by atoms with E-state index in [1.807, 2.05) is 38.2 Å². The van der Waals surface area contributed by atoms with E-state index in [0.29, 0.717) is 18.7 Å². The van der Waals surface area contributed by atoms with Crippen LogP contribution in [0.5, 0.6) is 0 Å². The summed E-state index contributed by atoms with van der Waals surface area (Å²) >= 11 is 0. The van der Waals surface area contributed by atoms with Gasteiger partial charge in [0.1, 0.15) is 12.7 Å². The maximum absolute atomic E-state index is 12.2. The molecule has 1 aromatic carbocycles. The second kappa shape index (κ2) is 8.39. The molecule has 0 spiro atoms. The van der Waals surface area contributed by atoms with Crippen LogP contribution in [0.25, 0.3) is 0 Å². The summed E-state index contributed by atoms with van der Waals surface area (Å²) < 4.78 is 1.70. The molecule has 2 aromatic rings. The molecule has 0 saturated carbocycles. The number of amides is 1. The number of carbonyl (C=O) groups is 1. The maximum Gasteiger partial charge on any atom is 0.251 e. The van der Waals surface area contributed by atoms with E-state index in [4.69, 9.17) is 0 Å². The van der Waals surface area contributed by atoms with Crippen LogP contribution in [0, 0.1) is 0 Å². The highest BCUT2D eigenvalue weighted by atomic mass is 35.5. The Hall–Kier alpha value is -1.92. The highest BCUT2D eigenvalue weighted by molar-refractivity contribution is 5.95. The first-order valence-corrected chi connectivity index (χ1v) is 6.56. The van der Waals surface area contributed by atoms with E-state index >= 15 is 0 Å². The molecule has 114 valence electrons. The molecular weight excluding hydrogens is 290 g/mol. The molecule has 1 aromatic heterocycles. The molecule has 1 atom stereocenters. The minimum absolute atomic E-state index is 0. The molecule has 6 nitrogen and oxygen atoms in total. The van der Waals surface area contributed by atoms with Crippen LogP contribution in [0.2, 0.25) is 0 Å². The lowest BCUT2D eigenvalue weighted by molar-refractivity contribution is 0.0949. The van der Waals surface area contributed by atoms with Gasteiger partial charge in [0.2, 0.25) is 0 Å². The van der Waals surface area contributed by atoms with Gasteiger partial charge in [-0.15, -0.1) is 12.4 Å². The number of hydrogen-bond donors (Lipinski definition) is 2. The molecule has 0 saturated heterocycles. The van der Waals surface area contributed by atoms with E-state index in [-0.39, 0.29) is 24.4 Å². The van der Waals surface area contributed by atoms with Gasteiger partial charge in [-0.2, -0.15) is 5.10 Å². The first-order valence-electron chi connectivity index (χ1n) is 6.56. The van der Waals surface area contributed by atoms with Crippen LogP contribution in [0.1, 0.15) is 22.8 Å². The molecule has 0 radical (unpaired) electrons. The summed E-state index contributed by atoms with van der Waals surface area (Å²) in [5.74, 6) is -0.0668. The quantitative estimate of drug-likeness (QED) is 0.838. The molecule has 0 aliphatic rings. The topological polar surface area (TPSA) is 71.8 Å². The van der Waals surface area contributed by atoms with E-state index in [1.54, 1.807) is 11.0 Å². The van der Waals surface area contributed by atoms with Crippen LogP contribution >= 0.6 is 12.4 Å². The van der Waals surface area contributed by atoms with Gasteiger partial charge in [-0.1, -0.05) is 18.2 Å². The van der Waals surface area contributed by atoms with Crippen molar-refractivity contribution >= 4 is 18.3 Å². The number of carbonyl (C=O) groups excluding carboxylic acids is 1. The zero-order chi connectivity index (χ0) is 14.4. The van der Waals surface area contributed by atoms with Gasteiger partial charge in [-0.25, -0.2) is 9.67 Å². The number of hydrogen-bond acceptors (Lipinski definition) is 4. The third-order valence-corrected chi connectivity index (χ3v) is 3.12. The minimum atomic E-state index is -0.0668. The summed E-state index contributed by atoms with van der Waals surface area (Å²) in [7, 11) is 1.87. The fourth-order valence-corrected chi connectivity index (χ4v) is 1.81. The molecule has 1 unspecified atom stereocenters. The summed E-state index contributed by atoms with van der Waals surface area (Å²) in [5.41, 5.74) is 1.60. The normalized spacial score (nSPS) is 11.5. The highest BCUT2D eigenvalue weighted by Crippen LogP contribution is 2.10. The summed E-state index contributed by atoms with van der Waals surface area (Å²) in [6.45, 7) is 3.14. The number of benzene rings is 1. The smallest absolute Gasteiger partial charge is 0.251 e. The number of halogens is 1. The first-order chi connectivity index (χ1) is 9.70. The van der Waals surface area contributed by atoms with Crippen molar-refractivity contribution in [3.05, 3.63) is 48.0 Å². The second-order valence-electron chi connectivity index (χ2n) is 4.65. The molecule has 7 heteroatoms. The maximum atomic E-state index is 12.2. The molecule has 0 bridgehead atoms. The second-order valence-corrected chi connectivity index (χ2v) is 4.65. The molecule has 21 heavy (non-hydrogen) atoms. The summed E-state index contributed by atoms with van der Waals surface area (Å²) in [6.07, 6.45) is 3.12. The molecule has 1 heterocycles. The van der Waals surface area contributed by atoms with E-state index in [1.165, 1.54) is 6.33 Å². The van der Waals surface area contributed by atoms with Crippen molar-refractivity contribution in [3.8, 4) is 0 Å². The third-order valence-electron chi connectivity index (χ3n) is 3.12. The molecule has 0 fully saturated rings. The number of nitrogens with zero attached hydrogens (tertiary/aromatic N) is 3.